The van der Waals surface area contributed by atoms with Crippen LogP contribution in [0.2, 0.25) is 0 Å². The smallest absolute Gasteiger partial charge is 0.270 e. The lowest BCUT2D eigenvalue weighted by Gasteiger charge is -2.33. The first-order valence-electron chi connectivity index (χ1n) is 11.1. The monoisotopic (exact) mass is 458 g/mol. The molecule has 0 bridgehead atoms. The van der Waals surface area contributed by atoms with E-state index in [2.05, 4.69) is 17.9 Å². The second-order valence-corrected chi connectivity index (χ2v) is 9.66. The van der Waals surface area contributed by atoms with Crippen LogP contribution in [0.25, 0.3) is 6.08 Å². The number of nitriles is 1. The lowest BCUT2D eigenvalue weighted by molar-refractivity contribution is -0.122. The number of pyridine rings is 1. The van der Waals surface area contributed by atoms with Gasteiger partial charge in [-0.2, -0.15) is 5.26 Å². The highest BCUT2D eigenvalue weighted by atomic mass is 32.2. The van der Waals surface area contributed by atoms with E-state index in [4.69, 9.17) is 12.2 Å². The van der Waals surface area contributed by atoms with Gasteiger partial charge in [-0.25, -0.2) is 0 Å². The number of unbranched alkanes of at least 4 members (excludes halogenated alkanes) is 2. The number of piperidine rings is 1. The first-order chi connectivity index (χ1) is 14.9. The third kappa shape index (κ3) is 4.73. The second kappa shape index (κ2) is 10.5. The van der Waals surface area contributed by atoms with Gasteiger partial charge in [-0.1, -0.05) is 43.7 Å². The van der Waals surface area contributed by atoms with Gasteiger partial charge in [-0.15, -0.1) is 0 Å². The van der Waals surface area contributed by atoms with E-state index in [1.165, 1.54) is 18.2 Å². The Labute approximate surface area is 193 Å². The average Bonchev–Trinajstić information content (AvgIpc) is 3.03. The Balaban J connectivity index is 2.11. The highest BCUT2D eigenvalue weighted by molar-refractivity contribution is 8.26. The van der Waals surface area contributed by atoms with Crippen LogP contribution in [0.3, 0.4) is 0 Å². The van der Waals surface area contributed by atoms with Gasteiger partial charge in [0.2, 0.25) is 0 Å². The molecule has 3 heterocycles. The Morgan fingerprint density at radius 2 is 1.87 bits per heavy atom. The minimum Gasteiger partial charge on any atom is -0.357 e. The van der Waals surface area contributed by atoms with Crippen molar-refractivity contribution in [3.63, 3.8) is 0 Å². The lowest BCUT2D eigenvalue weighted by atomic mass is 10.0. The van der Waals surface area contributed by atoms with Gasteiger partial charge in [0.25, 0.3) is 11.5 Å². The van der Waals surface area contributed by atoms with E-state index in [0.717, 1.165) is 56.6 Å². The van der Waals surface area contributed by atoms with Crippen molar-refractivity contribution >= 4 is 46.1 Å². The largest absolute Gasteiger partial charge is 0.357 e. The van der Waals surface area contributed by atoms with Gasteiger partial charge in [0.1, 0.15) is 21.8 Å². The molecule has 0 spiro atoms. The zero-order valence-electron chi connectivity index (χ0n) is 18.6. The molecule has 31 heavy (non-hydrogen) atoms. The molecule has 0 aromatic carbocycles. The summed E-state index contributed by atoms with van der Waals surface area (Å²) in [4.78, 5) is 30.6. The fraction of sp³-hybridized carbons (Fsp3) is 0.565. The van der Waals surface area contributed by atoms with Gasteiger partial charge in [0.15, 0.2) is 0 Å². The summed E-state index contributed by atoms with van der Waals surface area (Å²) >= 11 is 6.79. The van der Waals surface area contributed by atoms with E-state index in [1.807, 2.05) is 13.0 Å². The number of carbonyl (C=O) groups excluding carboxylic acids is 1. The number of amides is 1. The standard InChI is InChI=1S/C23H30N4O2S2/c1-4-6-8-13-27-22(29)19(31-23(27)30)14-17-16(3)18(15-24)21(28)26(5-2)20(17)25-11-9-7-10-12-25/h14H,4-13H2,1-3H3. The summed E-state index contributed by atoms with van der Waals surface area (Å²) < 4.78 is 2.26. The van der Waals surface area contributed by atoms with Gasteiger partial charge in [0, 0.05) is 31.7 Å². The topological polar surface area (TPSA) is 69.3 Å². The van der Waals surface area contributed by atoms with Gasteiger partial charge >= 0.3 is 0 Å². The molecule has 8 heteroatoms. The molecule has 0 N–H and O–H groups in total. The summed E-state index contributed by atoms with van der Waals surface area (Å²) in [5, 5.41) is 9.66. The Kier molecular flexibility index (Phi) is 7.95. The van der Waals surface area contributed by atoms with Crippen molar-refractivity contribution in [2.24, 2.45) is 0 Å². The molecular formula is C23H30N4O2S2. The summed E-state index contributed by atoms with van der Waals surface area (Å²) in [7, 11) is 0. The van der Waals surface area contributed by atoms with Gasteiger partial charge in [-0.3, -0.25) is 19.1 Å². The zero-order valence-corrected chi connectivity index (χ0v) is 20.2. The van der Waals surface area contributed by atoms with E-state index in [0.29, 0.717) is 27.9 Å². The molecule has 0 atom stereocenters. The number of hydrogen-bond acceptors (Lipinski definition) is 6. The minimum absolute atomic E-state index is 0.0807. The van der Waals surface area contributed by atoms with E-state index in [-0.39, 0.29) is 17.0 Å². The van der Waals surface area contributed by atoms with E-state index >= 15 is 0 Å². The summed E-state index contributed by atoms with van der Waals surface area (Å²) in [6.45, 7) is 8.69. The molecular weight excluding hydrogens is 428 g/mol. The van der Waals surface area contributed by atoms with Crippen LogP contribution >= 0.6 is 24.0 Å². The molecule has 1 aromatic heterocycles. The summed E-state index contributed by atoms with van der Waals surface area (Å²) in [6, 6.07) is 2.09. The lowest BCUT2D eigenvalue weighted by Crippen LogP contribution is -2.37. The Morgan fingerprint density at radius 1 is 1.16 bits per heavy atom. The molecule has 166 valence electrons. The number of thioether (sulfide) groups is 1. The number of aromatic nitrogens is 1. The van der Waals surface area contributed by atoms with Crippen molar-refractivity contribution < 1.29 is 4.79 Å². The molecule has 1 amide bonds. The maximum absolute atomic E-state index is 13.1. The zero-order chi connectivity index (χ0) is 22.5. The van der Waals surface area contributed by atoms with Crippen molar-refractivity contribution in [3.05, 3.63) is 31.9 Å². The van der Waals surface area contributed by atoms with Crippen LogP contribution < -0.4 is 10.5 Å². The first-order valence-corrected chi connectivity index (χ1v) is 12.3. The third-order valence-electron chi connectivity index (χ3n) is 5.95. The van der Waals surface area contributed by atoms with Crippen molar-refractivity contribution in [3.8, 4) is 6.07 Å². The number of carbonyl (C=O) groups is 1. The molecule has 0 radical (unpaired) electrons. The molecule has 2 saturated heterocycles. The Hall–Kier alpha value is -2.11. The van der Waals surface area contributed by atoms with Crippen LogP contribution in [-0.2, 0) is 11.3 Å². The molecule has 0 unspecified atom stereocenters. The number of nitrogens with zero attached hydrogens (tertiary/aromatic N) is 4. The molecule has 0 saturated carbocycles. The van der Waals surface area contributed by atoms with E-state index < -0.39 is 0 Å². The van der Waals surface area contributed by atoms with E-state index in [1.54, 1.807) is 16.4 Å². The van der Waals surface area contributed by atoms with Crippen LogP contribution in [0.5, 0.6) is 0 Å². The summed E-state index contributed by atoms with van der Waals surface area (Å²) in [5.74, 6) is 0.739. The molecule has 1 aromatic rings. The third-order valence-corrected chi connectivity index (χ3v) is 7.33. The maximum Gasteiger partial charge on any atom is 0.270 e. The molecule has 6 nitrogen and oxygen atoms in total. The molecule has 3 rings (SSSR count). The van der Waals surface area contributed by atoms with Crippen molar-refractivity contribution in [1.82, 2.24) is 9.47 Å². The van der Waals surface area contributed by atoms with Crippen LogP contribution in [-0.4, -0.2) is 39.3 Å². The summed E-state index contributed by atoms with van der Waals surface area (Å²) in [5.41, 5.74) is 1.31. The SMILES string of the molecule is CCCCCN1C(=O)C(=Cc2c(C)c(C#N)c(=O)n(CC)c2N2CCCCC2)SC1=S. The highest BCUT2D eigenvalue weighted by Gasteiger charge is 2.33. The maximum atomic E-state index is 13.1. The summed E-state index contributed by atoms with van der Waals surface area (Å²) in [6.07, 6.45) is 8.22. The van der Waals surface area contributed by atoms with E-state index in [9.17, 15) is 14.9 Å². The van der Waals surface area contributed by atoms with Crippen LogP contribution in [0.15, 0.2) is 9.70 Å². The average molecular weight is 459 g/mol. The fourth-order valence-corrected chi connectivity index (χ4v) is 5.52. The van der Waals surface area contributed by atoms with Gasteiger partial charge in [0.05, 0.1) is 4.91 Å². The predicted octanol–water partition coefficient (Wildman–Crippen LogP) is 4.43. The Bertz CT molecular complexity index is 1000. The van der Waals surface area contributed by atoms with Gasteiger partial charge in [-0.05, 0) is 51.2 Å². The molecule has 2 aliphatic heterocycles. The van der Waals surface area contributed by atoms with Crippen molar-refractivity contribution in [1.29, 1.82) is 5.26 Å². The quantitative estimate of drug-likeness (QED) is 0.342. The number of anilines is 1. The van der Waals surface area contributed by atoms with Crippen LogP contribution in [0.1, 0.15) is 69.1 Å². The predicted molar refractivity (Wildman–Crippen MR) is 131 cm³/mol. The normalized spacial score (nSPS) is 18.2. The number of rotatable bonds is 7. The number of hydrogen-bond donors (Lipinski definition) is 0. The fourth-order valence-electron chi connectivity index (χ4n) is 4.23. The first kappa shape index (κ1) is 23.6. The minimum atomic E-state index is -0.257. The number of thiocarbonyl (C=S) groups is 1. The van der Waals surface area contributed by atoms with Crippen molar-refractivity contribution in [2.75, 3.05) is 24.5 Å². The molecule has 0 aliphatic carbocycles. The van der Waals surface area contributed by atoms with Crippen LogP contribution in [0.4, 0.5) is 5.82 Å². The Morgan fingerprint density at radius 3 is 2.48 bits per heavy atom. The molecule has 2 aliphatic rings. The second-order valence-electron chi connectivity index (χ2n) is 7.99. The van der Waals surface area contributed by atoms with Crippen LogP contribution in [0, 0.1) is 18.3 Å². The highest BCUT2D eigenvalue weighted by Crippen LogP contribution is 2.36. The molecule has 2 fully saturated rings. The van der Waals surface area contributed by atoms with Crippen molar-refractivity contribution in [2.45, 2.75) is 65.8 Å². The van der Waals surface area contributed by atoms with Gasteiger partial charge < -0.3 is 4.90 Å².